The molecule has 0 radical (unpaired) electrons. The molecule has 0 saturated heterocycles. The Balaban J connectivity index is 2.29. The molecule has 0 saturated carbocycles. The molecule has 0 amide bonds. The normalized spacial score (nSPS) is 11.3. The molecule has 0 atom stereocenters. The van der Waals surface area contributed by atoms with Gasteiger partial charge >= 0.3 is 139 Å². The van der Waals surface area contributed by atoms with Crippen molar-refractivity contribution >= 4 is 45.0 Å². The van der Waals surface area contributed by atoms with Crippen LogP contribution in [0.1, 0.15) is 0 Å². The van der Waals surface area contributed by atoms with Gasteiger partial charge in [-0.25, -0.2) is 0 Å². The molecule has 104 valence electrons. The van der Waals surface area contributed by atoms with Crippen molar-refractivity contribution < 1.29 is 0 Å². The molecule has 3 rings (SSSR count). The van der Waals surface area contributed by atoms with E-state index in [4.69, 9.17) is 0 Å². The quantitative estimate of drug-likeness (QED) is 0.429. The van der Waals surface area contributed by atoms with E-state index >= 15 is 0 Å². The first-order valence-corrected chi connectivity index (χ1v) is 14.5. The second-order valence-corrected chi connectivity index (χ2v) is 19.8. The minimum atomic E-state index is -2.91. The molecular formula is C19H17BrSn. The summed E-state index contributed by atoms with van der Waals surface area (Å²) < 4.78 is 5.60. The number of alkyl halides is 1. The van der Waals surface area contributed by atoms with Crippen LogP contribution in [0, 0.1) is 0 Å². The van der Waals surface area contributed by atoms with Crippen LogP contribution in [0.3, 0.4) is 0 Å². The average Bonchev–Trinajstić information content (AvgIpc) is 2.59. The molecule has 0 fully saturated rings. The summed E-state index contributed by atoms with van der Waals surface area (Å²) in [4.78, 5) is 0. The summed E-state index contributed by atoms with van der Waals surface area (Å²) in [6.07, 6.45) is 0. The molecule has 0 aliphatic carbocycles. The zero-order valence-corrected chi connectivity index (χ0v) is 16.2. The van der Waals surface area contributed by atoms with E-state index in [2.05, 4.69) is 107 Å². The first-order valence-electron chi connectivity index (χ1n) is 7.10. The van der Waals surface area contributed by atoms with Gasteiger partial charge in [-0.1, -0.05) is 0 Å². The van der Waals surface area contributed by atoms with Crippen LogP contribution in [0.2, 0.25) is 0 Å². The van der Waals surface area contributed by atoms with Crippen molar-refractivity contribution in [2.75, 3.05) is 3.35 Å². The van der Waals surface area contributed by atoms with E-state index in [1.54, 1.807) is 0 Å². The Morgan fingerprint density at radius 3 is 1.05 bits per heavy atom. The number of halogens is 1. The Hall–Kier alpha value is -1.06. The van der Waals surface area contributed by atoms with Crippen molar-refractivity contribution in [3.8, 4) is 0 Å². The molecule has 0 aliphatic rings. The molecule has 0 unspecified atom stereocenters. The summed E-state index contributed by atoms with van der Waals surface area (Å²) in [5.74, 6) is 0. The second-order valence-electron chi connectivity index (χ2n) is 5.14. The van der Waals surface area contributed by atoms with Gasteiger partial charge in [0.25, 0.3) is 0 Å². The third kappa shape index (κ3) is 2.81. The van der Waals surface area contributed by atoms with Gasteiger partial charge in [-0.05, 0) is 0 Å². The van der Waals surface area contributed by atoms with E-state index < -0.39 is 18.4 Å². The summed E-state index contributed by atoms with van der Waals surface area (Å²) in [5, 5.41) is 0. The van der Waals surface area contributed by atoms with Crippen LogP contribution >= 0.6 is 15.9 Å². The molecule has 0 spiro atoms. The number of hydrogen-bond acceptors (Lipinski definition) is 0. The fraction of sp³-hybridized carbons (Fsp3) is 0.0526. The molecule has 0 aliphatic heterocycles. The van der Waals surface area contributed by atoms with Crippen molar-refractivity contribution in [2.45, 2.75) is 0 Å². The topological polar surface area (TPSA) is 0 Å². The Bertz CT molecular complexity index is 584. The van der Waals surface area contributed by atoms with Gasteiger partial charge < -0.3 is 0 Å². The van der Waals surface area contributed by atoms with Crippen molar-refractivity contribution in [3.05, 3.63) is 91.0 Å². The molecule has 3 aromatic rings. The fourth-order valence-corrected chi connectivity index (χ4v) is 20.1. The molecule has 0 nitrogen and oxygen atoms in total. The summed E-state index contributed by atoms with van der Waals surface area (Å²) in [6, 6.07) is 33.1. The molecule has 0 bridgehead atoms. The van der Waals surface area contributed by atoms with Crippen LogP contribution < -0.4 is 10.7 Å². The average molecular weight is 444 g/mol. The standard InChI is InChI=1S/3C6H5.CH2Br.Sn/c3*1-2-4-6-5-3-1;1-2;/h3*1-5H;1H2;. The SMILES string of the molecule is Br[CH2][Sn]([c]1ccccc1)([c]1ccccc1)[c]1ccccc1. The number of benzene rings is 3. The number of rotatable bonds is 4. The van der Waals surface area contributed by atoms with Crippen LogP contribution in [0.4, 0.5) is 0 Å². The third-order valence-corrected chi connectivity index (χ3v) is 22.1. The Labute approximate surface area is 138 Å². The summed E-state index contributed by atoms with van der Waals surface area (Å²) >= 11 is 0.964. The molecular weight excluding hydrogens is 427 g/mol. The molecule has 0 aromatic heterocycles. The van der Waals surface area contributed by atoms with Crippen molar-refractivity contribution in [3.63, 3.8) is 0 Å². The van der Waals surface area contributed by atoms with Gasteiger partial charge in [-0.15, -0.1) is 0 Å². The van der Waals surface area contributed by atoms with Crippen LogP contribution in [0.5, 0.6) is 0 Å². The minimum absolute atomic E-state index is 1.06. The first-order chi connectivity index (χ1) is 10.4. The molecule has 2 heteroatoms. The van der Waals surface area contributed by atoms with E-state index in [1.807, 2.05) is 0 Å². The molecule has 21 heavy (non-hydrogen) atoms. The van der Waals surface area contributed by atoms with E-state index in [9.17, 15) is 0 Å². The monoisotopic (exact) mass is 444 g/mol. The van der Waals surface area contributed by atoms with Crippen molar-refractivity contribution in [1.29, 1.82) is 0 Å². The van der Waals surface area contributed by atoms with Gasteiger partial charge in [0.05, 0.1) is 0 Å². The zero-order valence-electron chi connectivity index (χ0n) is 11.7. The van der Waals surface area contributed by atoms with Gasteiger partial charge in [-0.2, -0.15) is 0 Å². The van der Waals surface area contributed by atoms with Crippen LogP contribution in [-0.2, 0) is 0 Å². The number of hydrogen-bond donors (Lipinski definition) is 0. The van der Waals surface area contributed by atoms with Gasteiger partial charge in [-0.3, -0.25) is 0 Å². The van der Waals surface area contributed by atoms with Crippen molar-refractivity contribution in [1.82, 2.24) is 0 Å². The second kappa shape index (κ2) is 6.80. The fourth-order valence-electron chi connectivity index (χ4n) is 2.90. The maximum atomic E-state index is 3.88. The molecule has 3 aromatic carbocycles. The van der Waals surface area contributed by atoms with Gasteiger partial charge in [0, 0.05) is 0 Å². The summed E-state index contributed by atoms with van der Waals surface area (Å²) in [6.45, 7) is 0. The Kier molecular flexibility index (Phi) is 4.81. The van der Waals surface area contributed by atoms with E-state index in [0.29, 0.717) is 0 Å². The summed E-state index contributed by atoms with van der Waals surface area (Å²) in [5.41, 5.74) is 0. The van der Waals surface area contributed by atoms with Gasteiger partial charge in [0.1, 0.15) is 0 Å². The zero-order chi connectivity index (χ0) is 14.5. The van der Waals surface area contributed by atoms with E-state index in [1.165, 1.54) is 10.7 Å². The van der Waals surface area contributed by atoms with E-state index in [0.717, 1.165) is 3.35 Å². The van der Waals surface area contributed by atoms with Gasteiger partial charge in [0.2, 0.25) is 0 Å². The van der Waals surface area contributed by atoms with E-state index in [-0.39, 0.29) is 0 Å². The van der Waals surface area contributed by atoms with Crippen LogP contribution in [0.15, 0.2) is 91.0 Å². The predicted molar refractivity (Wildman–Crippen MR) is 97.8 cm³/mol. The maximum absolute atomic E-state index is 3.88. The first kappa shape index (κ1) is 14.9. The third-order valence-electron chi connectivity index (χ3n) is 4.00. The van der Waals surface area contributed by atoms with Crippen molar-refractivity contribution in [2.24, 2.45) is 0 Å². The summed E-state index contributed by atoms with van der Waals surface area (Å²) in [7, 11) is 0. The Morgan fingerprint density at radius 1 is 0.524 bits per heavy atom. The predicted octanol–water partition coefficient (Wildman–Crippen LogP) is 3.09. The molecule has 0 heterocycles. The van der Waals surface area contributed by atoms with Gasteiger partial charge in [0.15, 0.2) is 0 Å². The molecule has 0 N–H and O–H groups in total. The van der Waals surface area contributed by atoms with Crippen LogP contribution in [-0.4, -0.2) is 21.7 Å². The van der Waals surface area contributed by atoms with Crippen LogP contribution in [0.25, 0.3) is 0 Å². The Morgan fingerprint density at radius 2 is 0.810 bits per heavy atom.